The molecule has 0 amide bonds. The lowest BCUT2D eigenvalue weighted by Crippen LogP contribution is -1.95. The second kappa shape index (κ2) is 7.47. The molecule has 4 aromatic rings. The van der Waals surface area contributed by atoms with E-state index in [4.69, 9.17) is 0 Å². The first kappa shape index (κ1) is 18.2. The molecule has 0 unspecified atom stereocenters. The van der Waals surface area contributed by atoms with Crippen molar-refractivity contribution in [2.75, 3.05) is 0 Å². The van der Waals surface area contributed by atoms with Gasteiger partial charge in [-0.2, -0.15) is 0 Å². The van der Waals surface area contributed by atoms with Gasteiger partial charge in [0.15, 0.2) is 0 Å². The summed E-state index contributed by atoms with van der Waals surface area (Å²) in [6.07, 6.45) is 0. The molecule has 0 N–H and O–H groups in total. The van der Waals surface area contributed by atoms with Crippen LogP contribution in [0.15, 0.2) is 78.9 Å². The molecule has 0 atom stereocenters. The first-order valence-electron chi connectivity index (χ1n) is 9.43. The number of hydrogen-bond donors (Lipinski definition) is 0. The zero-order valence-electron chi connectivity index (χ0n) is 16.0. The van der Waals surface area contributed by atoms with Crippen LogP contribution in [-0.2, 0) is 0 Å². The van der Waals surface area contributed by atoms with E-state index in [2.05, 4.69) is 122 Å². The Morgan fingerprint density at radius 2 is 1.44 bits per heavy atom. The third-order valence-electron chi connectivity index (χ3n) is 5.25. The lowest BCUT2D eigenvalue weighted by Gasteiger charge is -2.17. The Bertz CT molecular complexity index is 1120. The molecule has 4 aromatic carbocycles. The summed E-state index contributed by atoms with van der Waals surface area (Å²) in [4.78, 5) is 0. The molecule has 0 nitrogen and oxygen atoms in total. The van der Waals surface area contributed by atoms with Crippen LogP contribution in [0.3, 0.4) is 0 Å². The molecule has 0 heterocycles. The molecule has 0 saturated carbocycles. The summed E-state index contributed by atoms with van der Waals surface area (Å²) in [5.74, 6) is 0.506. The SMILES string of the molecule is Cc1cc(-c2cccc3ccccc23)ccc1-c1ccc(I)cc1C(C)C. The van der Waals surface area contributed by atoms with Gasteiger partial charge < -0.3 is 0 Å². The van der Waals surface area contributed by atoms with Gasteiger partial charge in [-0.05, 0) is 91.7 Å². The maximum atomic E-state index is 2.40. The molecule has 134 valence electrons. The van der Waals surface area contributed by atoms with Gasteiger partial charge in [0.05, 0.1) is 0 Å². The molecule has 0 radical (unpaired) electrons. The van der Waals surface area contributed by atoms with E-state index in [0.717, 1.165) is 0 Å². The number of fused-ring (bicyclic) bond motifs is 1. The van der Waals surface area contributed by atoms with E-state index in [1.165, 1.54) is 47.7 Å². The van der Waals surface area contributed by atoms with Crippen molar-refractivity contribution in [2.24, 2.45) is 0 Å². The van der Waals surface area contributed by atoms with Crippen LogP contribution in [0.1, 0.15) is 30.9 Å². The number of benzene rings is 4. The number of hydrogen-bond acceptors (Lipinski definition) is 0. The third-order valence-corrected chi connectivity index (χ3v) is 5.92. The Morgan fingerprint density at radius 1 is 0.704 bits per heavy atom. The van der Waals surface area contributed by atoms with Crippen molar-refractivity contribution in [1.29, 1.82) is 0 Å². The average molecular weight is 462 g/mol. The largest absolute Gasteiger partial charge is 0.0616 e. The minimum atomic E-state index is 0.506. The predicted molar refractivity (Wildman–Crippen MR) is 126 cm³/mol. The fraction of sp³-hybridized carbons (Fsp3) is 0.154. The Hall–Kier alpha value is -2.13. The van der Waals surface area contributed by atoms with Gasteiger partial charge in [-0.3, -0.25) is 0 Å². The van der Waals surface area contributed by atoms with Crippen LogP contribution in [0.4, 0.5) is 0 Å². The first-order valence-corrected chi connectivity index (χ1v) is 10.5. The molecule has 0 aliphatic heterocycles. The summed E-state index contributed by atoms with van der Waals surface area (Å²) in [6.45, 7) is 6.77. The monoisotopic (exact) mass is 462 g/mol. The van der Waals surface area contributed by atoms with E-state index in [9.17, 15) is 0 Å². The Kier molecular flexibility index (Phi) is 5.05. The van der Waals surface area contributed by atoms with E-state index < -0.39 is 0 Å². The van der Waals surface area contributed by atoms with Crippen molar-refractivity contribution in [2.45, 2.75) is 26.7 Å². The van der Waals surface area contributed by atoms with E-state index in [-0.39, 0.29) is 0 Å². The topological polar surface area (TPSA) is 0 Å². The highest BCUT2D eigenvalue weighted by atomic mass is 127. The zero-order chi connectivity index (χ0) is 19.0. The van der Waals surface area contributed by atoms with E-state index in [1.54, 1.807) is 0 Å². The third kappa shape index (κ3) is 3.53. The fourth-order valence-corrected chi connectivity index (χ4v) is 4.38. The number of aryl methyl sites for hydroxylation is 1. The molecular formula is C26H23I. The Balaban J connectivity index is 1.85. The van der Waals surface area contributed by atoms with E-state index in [1.807, 2.05) is 0 Å². The molecule has 0 spiro atoms. The standard InChI is InChI=1S/C26H23I/c1-17(2)26-16-21(27)12-14-25(26)22-13-11-20(15-18(22)3)24-10-6-8-19-7-4-5-9-23(19)24/h4-17H,1-3H3. The molecule has 1 heteroatoms. The average Bonchev–Trinajstić information content (AvgIpc) is 2.67. The molecule has 0 aliphatic rings. The van der Waals surface area contributed by atoms with Gasteiger partial charge in [0.1, 0.15) is 0 Å². The molecule has 4 rings (SSSR count). The maximum absolute atomic E-state index is 2.40. The van der Waals surface area contributed by atoms with E-state index >= 15 is 0 Å². The van der Waals surface area contributed by atoms with Gasteiger partial charge in [0.25, 0.3) is 0 Å². The smallest absolute Gasteiger partial charge is 0.0133 e. The van der Waals surface area contributed by atoms with Crippen molar-refractivity contribution < 1.29 is 0 Å². The second-order valence-corrected chi connectivity index (χ2v) is 8.69. The summed E-state index contributed by atoms with van der Waals surface area (Å²) < 4.78 is 1.30. The molecule has 0 saturated heterocycles. The summed E-state index contributed by atoms with van der Waals surface area (Å²) >= 11 is 2.40. The minimum Gasteiger partial charge on any atom is -0.0616 e. The van der Waals surface area contributed by atoms with Crippen LogP contribution in [0.5, 0.6) is 0 Å². The first-order chi connectivity index (χ1) is 13.0. The highest BCUT2D eigenvalue weighted by Gasteiger charge is 2.12. The van der Waals surface area contributed by atoms with Gasteiger partial charge in [0, 0.05) is 3.57 Å². The van der Waals surface area contributed by atoms with Crippen molar-refractivity contribution in [3.63, 3.8) is 0 Å². The lowest BCUT2D eigenvalue weighted by atomic mass is 9.88. The number of halogens is 1. The number of rotatable bonds is 3. The molecule has 0 aliphatic carbocycles. The van der Waals surface area contributed by atoms with Crippen LogP contribution >= 0.6 is 22.6 Å². The summed E-state index contributed by atoms with van der Waals surface area (Å²) in [7, 11) is 0. The van der Waals surface area contributed by atoms with Gasteiger partial charge >= 0.3 is 0 Å². The quantitative estimate of drug-likeness (QED) is 0.269. The van der Waals surface area contributed by atoms with Crippen LogP contribution in [-0.4, -0.2) is 0 Å². The van der Waals surface area contributed by atoms with Crippen LogP contribution in [0.2, 0.25) is 0 Å². The molecule has 0 bridgehead atoms. The zero-order valence-corrected chi connectivity index (χ0v) is 18.1. The van der Waals surface area contributed by atoms with Gasteiger partial charge in [-0.1, -0.05) is 80.6 Å². The Morgan fingerprint density at radius 3 is 2.22 bits per heavy atom. The highest BCUT2D eigenvalue weighted by Crippen LogP contribution is 2.36. The summed E-state index contributed by atoms with van der Waals surface area (Å²) in [5, 5.41) is 2.60. The van der Waals surface area contributed by atoms with Gasteiger partial charge in [0.2, 0.25) is 0 Å². The maximum Gasteiger partial charge on any atom is 0.0133 e. The summed E-state index contributed by atoms with van der Waals surface area (Å²) in [6, 6.07) is 28.9. The van der Waals surface area contributed by atoms with Crippen molar-refractivity contribution in [1.82, 2.24) is 0 Å². The normalized spacial score (nSPS) is 11.3. The highest BCUT2D eigenvalue weighted by molar-refractivity contribution is 14.1. The molecule has 0 fully saturated rings. The second-order valence-electron chi connectivity index (χ2n) is 7.44. The van der Waals surface area contributed by atoms with Gasteiger partial charge in [-0.25, -0.2) is 0 Å². The van der Waals surface area contributed by atoms with Crippen LogP contribution in [0.25, 0.3) is 33.0 Å². The molecule has 27 heavy (non-hydrogen) atoms. The lowest BCUT2D eigenvalue weighted by molar-refractivity contribution is 0.868. The minimum absolute atomic E-state index is 0.506. The van der Waals surface area contributed by atoms with E-state index in [0.29, 0.717) is 5.92 Å². The fourth-order valence-electron chi connectivity index (χ4n) is 3.87. The van der Waals surface area contributed by atoms with Crippen molar-refractivity contribution in [3.8, 4) is 22.3 Å². The van der Waals surface area contributed by atoms with Crippen LogP contribution < -0.4 is 0 Å². The predicted octanol–water partition coefficient (Wildman–Crippen LogP) is 8.21. The van der Waals surface area contributed by atoms with Crippen LogP contribution in [0, 0.1) is 10.5 Å². The Labute approximate surface area is 175 Å². The van der Waals surface area contributed by atoms with Gasteiger partial charge in [-0.15, -0.1) is 0 Å². The molecular weight excluding hydrogens is 439 g/mol. The summed E-state index contributed by atoms with van der Waals surface area (Å²) in [5.41, 5.74) is 8.01. The van der Waals surface area contributed by atoms with Crippen molar-refractivity contribution >= 4 is 33.4 Å². The molecule has 0 aromatic heterocycles. The van der Waals surface area contributed by atoms with Crippen molar-refractivity contribution in [3.05, 3.63) is 93.6 Å².